The van der Waals surface area contributed by atoms with Crippen LogP contribution in [0.5, 0.6) is 0 Å². The Bertz CT molecular complexity index is 134. The van der Waals surface area contributed by atoms with Crippen LogP contribution < -0.4 is 0 Å². The maximum absolute atomic E-state index is 3.72. The molecule has 78 valence electrons. The fraction of sp³-hybridized carbons (Fsp3) is 1.00. The summed E-state index contributed by atoms with van der Waals surface area (Å²) in [5.41, 5.74) is 0. The molecule has 1 unspecified atom stereocenters. The number of likely N-dealkylation sites (tertiary alicyclic amines) is 1. The Labute approximate surface area is 91.0 Å². The van der Waals surface area contributed by atoms with Crippen LogP contribution in [0.15, 0.2) is 0 Å². The van der Waals surface area contributed by atoms with E-state index in [2.05, 4.69) is 34.7 Å². The summed E-state index contributed by atoms with van der Waals surface area (Å²) >= 11 is 3.72. The molecule has 1 atom stereocenters. The number of alkyl halides is 1. The highest BCUT2D eigenvalue weighted by molar-refractivity contribution is 9.09. The van der Waals surface area contributed by atoms with Crippen LogP contribution in [0.1, 0.15) is 39.5 Å². The van der Waals surface area contributed by atoms with Gasteiger partial charge in [0.15, 0.2) is 0 Å². The summed E-state index contributed by atoms with van der Waals surface area (Å²) in [6, 6.07) is 0. The van der Waals surface area contributed by atoms with Crippen LogP contribution in [0.4, 0.5) is 0 Å². The van der Waals surface area contributed by atoms with Gasteiger partial charge in [0.05, 0.1) is 0 Å². The Morgan fingerprint density at radius 2 is 2.08 bits per heavy atom. The zero-order valence-electron chi connectivity index (χ0n) is 8.93. The van der Waals surface area contributed by atoms with E-state index >= 15 is 0 Å². The molecule has 2 heteroatoms. The van der Waals surface area contributed by atoms with Crippen molar-refractivity contribution in [3.8, 4) is 0 Å². The molecule has 13 heavy (non-hydrogen) atoms. The van der Waals surface area contributed by atoms with Crippen LogP contribution >= 0.6 is 15.9 Å². The monoisotopic (exact) mass is 247 g/mol. The van der Waals surface area contributed by atoms with Gasteiger partial charge in [-0.15, -0.1) is 0 Å². The number of piperidine rings is 1. The summed E-state index contributed by atoms with van der Waals surface area (Å²) in [6.07, 6.45) is 5.40. The van der Waals surface area contributed by atoms with Crippen molar-refractivity contribution in [2.24, 2.45) is 5.92 Å². The largest absolute Gasteiger partial charge is 0.302 e. The van der Waals surface area contributed by atoms with Gasteiger partial charge in [-0.05, 0) is 25.3 Å². The lowest BCUT2D eigenvalue weighted by Crippen LogP contribution is -2.38. The van der Waals surface area contributed by atoms with Gasteiger partial charge in [-0.3, -0.25) is 0 Å². The lowest BCUT2D eigenvalue weighted by atomic mass is 10.0. The maximum Gasteiger partial charge on any atom is 0.0273 e. The van der Waals surface area contributed by atoms with Crippen molar-refractivity contribution in [3.63, 3.8) is 0 Å². The van der Waals surface area contributed by atoms with Crippen LogP contribution in [0, 0.1) is 5.92 Å². The molecule has 0 aliphatic carbocycles. The van der Waals surface area contributed by atoms with Gasteiger partial charge in [0.2, 0.25) is 0 Å². The third-order valence-corrected chi connectivity index (χ3v) is 3.87. The van der Waals surface area contributed by atoms with Crippen LogP contribution in [-0.4, -0.2) is 29.4 Å². The Kier molecular flexibility index (Phi) is 5.34. The summed E-state index contributed by atoms with van der Waals surface area (Å²) < 4.78 is 0. The van der Waals surface area contributed by atoms with Crippen molar-refractivity contribution in [2.75, 3.05) is 19.6 Å². The number of hydrogen-bond donors (Lipinski definition) is 0. The van der Waals surface area contributed by atoms with Gasteiger partial charge in [0.25, 0.3) is 0 Å². The Morgan fingerprint density at radius 3 is 2.62 bits per heavy atom. The van der Waals surface area contributed by atoms with Crippen LogP contribution in [-0.2, 0) is 0 Å². The SMILES string of the molecule is CCC(CC)CN1CCCC(Br)C1. The van der Waals surface area contributed by atoms with E-state index in [9.17, 15) is 0 Å². The second-order valence-corrected chi connectivity index (χ2v) is 5.48. The standard InChI is InChI=1S/C11H22BrN/c1-3-10(4-2)8-13-7-5-6-11(12)9-13/h10-11H,3-9H2,1-2H3. The summed E-state index contributed by atoms with van der Waals surface area (Å²) in [5, 5.41) is 0. The van der Waals surface area contributed by atoms with E-state index in [0.717, 1.165) is 10.7 Å². The van der Waals surface area contributed by atoms with Gasteiger partial charge in [0, 0.05) is 17.9 Å². The summed E-state index contributed by atoms with van der Waals surface area (Å²) in [4.78, 5) is 3.37. The smallest absolute Gasteiger partial charge is 0.0273 e. The molecule has 1 saturated heterocycles. The van der Waals surface area contributed by atoms with Gasteiger partial charge in [-0.1, -0.05) is 42.6 Å². The molecule has 1 nitrogen and oxygen atoms in total. The minimum Gasteiger partial charge on any atom is -0.302 e. The molecule has 0 saturated carbocycles. The van der Waals surface area contributed by atoms with E-state index in [4.69, 9.17) is 0 Å². The van der Waals surface area contributed by atoms with E-state index in [1.807, 2.05) is 0 Å². The highest BCUT2D eigenvalue weighted by atomic mass is 79.9. The molecule has 0 N–H and O–H groups in total. The molecule has 0 aromatic carbocycles. The number of rotatable bonds is 4. The topological polar surface area (TPSA) is 3.24 Å². The zero-order chi connectivity index (χ0) is 9.68. The second-order valence-electron chi connectivity index (χ2n) is 4.18. The average Bonchev–Trinajstić information content (AvgIpc) is 2.14. The van der Waals surface area contributed by atoms with Crippen molar-refractivity contribution in [2.45, 2.75) is 44.4 Å². The minimum atomic E-state index is 0.746. The first-order valence-corrected chi connectivity index (χ1v) is 6.54. The summed E-state index contributed by atoms with van der Waals surface area (Å²) in [7, 11) is 0. The first-order valence-electron chi connectivity index (χ1n) is 5.62. The van der Waals surface area contributed by atoms with E-state index in [1.165, 1.54) is 45.3 Å². The molecule has 1 heterocycles. The number of halogens is 1. The number of nitrogens with zero attached hydrogens (tertiary/aromatic N) is 1. The molecule has 0 spiro atoms. The van der Waals surface area contributed by atoms with Crippen molar-refractivity contribution < 1.29 is 0 Å². The van der Waals surface area contributed by atoms with Gasteiger partial charge in [-0.25, -0.2) is 0 Å². The lowest BCUT2D eigenvalue weighted by molar-refractivity contribution is 0.196. The van der Waals surface area contributed by atoms with Crippen LogP contribution in [0.2, 0.25) is 0 Å². The zero-order valence-corrected chi connectivity index (χ0v) is 10.5. The average molecular weight is 248 g/mol. The molecular weight excluding hydrogens is 226 g/mol. The Balaban J connectivity index is 2.26. The Morgan fingerprint density at radius 1 is 1.38 bits per heavy atom. The van der Waals surface area contributed by atoms with Gasteiger partial charge in [-0.2, -0.15) is 0 Å². The first kappa shape index (κ1) is 11.5. The van der Waals surface area contributed by atoms with E-state index in [1.54, 1.807) is 0 Å². The predicted molar refractivity (Wildman–Crippen MR) is 62.5 cm³/mol. The van der Waals surface area contributed by atoms with Gasteiger partial charge < -0.3 is 4.90 Å². The van der Waals surface area contributed by atoms with Crippen molar-refractivity contribution >= 4 is 15.9 Å². The van der Waals surface area contributed by atoms with Crippen LogP contribution in [0.3, 0.4) is 0 Å². The number of hydrogen-bond acceptors (Lipinski definition) is 1. The molecule has 0 amide bonds. The Hall–Kier alpha value is 0.440. The van der Waals surface area contributed by atoms with Crippen molar-refractivity contribution in [3.05, 3.63) is 0 Å². The van der Waals surface area contributed by atoms with Crippen molar-refractivity contribution in [1.29, 1.82) is 0 Å². The second kappa shape index (κ2) is 6.02. The molecule has 1 rings (SSSR count). The lowest BCUT2D eigenvalue weighted by Gasteiger charge is -2.32. The van der Waals surface area contributed by atoms with Crippen molar-refractivity contribution in [1.82, 2.24) is 4.90 Å². The normalized spacial score (nSPS) is 25.4. The fourth-order valence-electron chi connectivity index (χ4n) is 2.08. The van der Waals surface area contributed by atoms with Gasteiger partial charge >= 0.3 is 0 Å². The molecular formula is C11H22BrN. The fourth-order valence-corrected chi connectivity index (χ4v) is 2.81. The molecule has 0 aromatic heterocycles. The van der Waals surface area contributed by atoms with Crippen LogP contribution in [0.25, 0.3) is 0 Å². The third-order valence-electron chi connectivity index (χ3n) is 3.12. The molecule has 0 bridgehead atoms. The minimum absolute atomic E-state index is 0.746. The van der Waals surface area contributed by atoms with E-state index < -0.39 is 0 Å². The molecule has 0 aromatic rings. The maximum atomic E-state index is 3.72. The first-order chi connectivity index (χ1) is 6.26. The molecule has 1 fully saturated rings. The highest BCUT2D eigenvalue weighted by Crippen LogP contribution is 2.19. The molecule has 1 aliphatic heterocycles. The summed E-state index contributed by atoms with van der Waals surface area (Å²) in [5.74, 6) is 0.915. The summed E-state index contributed by atoms with van der Waals surface area (Å²) in [6.45, 7) is 8.51. The third kappa shape index (κ3) is 3.99. The molecule has 0 radical (unpaired) electrons. The highest BCUT2D eigenvalue weighted by Gasteiger charge is 2.19. The van der Waals surface area contributed by atoms with Gasteiger partial charge in [0.1, 0.15) is 0 Å². The van der Waals surface area contributed by atoms with E-state index in [0.29, 0.717) is 0 Å². The quantitative estimate of drug-likeness (QED) is 0.690. The molecule has 1 aliphatic rings. The van der Waals surface area contributed by atoms with E-state index in [-0.39, 0.29) is 0 Å². The predicted octanol–water partition coefficient (Wildman–Crippen LogP) is 3.28.